The average Bonchev–Trinajstić information content (AvgIpc) is 3.13. The van der Waals surface area contributed by atoms with Crippen LogP contribution >= 0.6 is 0 Å². The van der Waals surface area contributed by atoms with E-state index in [1.165, 1.54) is 24.0 Å². The van der Waals surface area contributed by atoms with Gasteiger partial charge in [0.2, 0.25) is 5.91 Å². The van der Waals surface area contributed by atoms with Gasteiger partial charge in [-0.25, -0.2) is 0 Å². The van der Waals surface area contributed by atoms with Crippen molar-refractivity contribution in [3.63, 3.8) is 0 Å². The van der Waals surface area contributed by atoms with E-state index in [4.69, 9.17) is 0 Å². The maximum Gasteiger partial charge on any atom is 0.224 e. The highest BCUT2D eigenvalue weighted by atomic mass is 16.2. The lowest BCUT2D eigenvalue weighted by molar-refractivity contribution is -0.133. The van der Waals surface area contributed by atoms with Gasteiger partial charge in [0.15, 0.2) is 0 Å². The molecule has 1 atom stereocenters. The maximum atomic E-state index is 12.5. The summed E-state index contributed by atoms with van der Waals surface area (Å²) in [6.45, 7) is 4.69. The quantitative estimate of drug-likeness (QED) is 0.816. The second-order valence-electron chi connectivity index (χ2n) is 6.83. The third-order valence-corrected chi connectivity index (χ3v) is 5.07. The minimum absolute atomic E-state index is 0.270. The number of rotatable bonds is 6. The number of piperidine rings is 1. The Kier molecular flexibility index (Phi) is 5.68. The molecule has 3 rings (SSSR count). The number of likely N-dealkylation sites (tertiary alicyclic amines) is 1. The number of carbonyl (C=O) groups is 1. The summed E-state index contributed by atoms with van der Waals surface area (Å²) in [7, 11) is 0. The van der Waals surface area contributed by atoms with Crippen LogP contribution in [-0.2, 0) is 17.8 Å². The van der Waals surface area contributed by atoms with Crippen molar-refractivity contribution in [1.29, 1.82) is 0 Å². The van der Waals surface area contributed by atoms with Crippen LogP contribution in [0.4, 0.5) is 0 Å². The van der Waals surface area contributed by atoms with Crippen LogP contribution in [0.5, 0.6) is 0 Å². The first kappa shape index (κ1) is 16.7. The van der Waals surface area contributed by atoms with Crippen molar-refractivity contribution >= 4 is 5.91 Å². The number of aryl methyl sites for hydroxylation is 3. The van der Waals surface area contributed by atoms with Crippen molar-refractivity contribution in [2.24, 2.45) is 5.92 Å². The Morgan fingerprint density at radius 1 is 1.29 bits per heavy atom. The Morgan fingerprint density at radius 2 is 2.17 bits per heavy atom. The fourth-order valence-corrected chi connectivity index (χ4v) is 3.58. The van der Waals surface area contributed by atoms with Gasteiger partial charge in [0.1, 0.15) is 0 Å². The third kappa shape index (κ3) is 4.47. The molecule has 1 aromatic carbocycles. The second kappa shape index (κ2) is 8.13. The van der Waals surface area contributed by atoms with Crippen LogP contribution < -0.4 is 0 Å². The molecule has 24 heavy (non-hydrogen) atoms. The van der Waals surface area contributed by atoms with E-state index in [0.717, 1.165) is 25.9 Å². The van der Waals surface area contributed by atoms with Gasteiger partial charge in [-0.1, -0.05) is 24.3 Å². The summed E-state index contributed by atoms with van der Waals surface area (Å²) >= 11 is 0. The Hall–Kier alpha value is -2.10. The summed E-state index contributed by atoms with van der Waals surface area (Å²) in [6.07, 6.45) is 8.88. The lowest BCUT2D eigenvalue weighted by Gasteiger charge is -2.33. The zero-order valence-corrected chi connectivity index (χ0v) is 14.5. The number of hydrogen-bond donors (Lipinski definition) is 0. The number of hydrogen-bond acceptors (Lipinski definition) is 2. The summed E-state index contributed by atoms with van der Waals surface area (Å²) in [6, 6.07) is 10.5. The molecule has 4 heteroatoms. The SMILES string of the molecule is Cc1ccccc1CCC1CCCN(C(=O)CCn2cccn2)C1. The van der Waals surface area contributed by atoms with E-state index >= 15 is 0 Å². The molecule has 1 fully saturated rings. The molecule has 1 amide bonds. The summed E-state index contributed by atoms with van der Waals surface area (Å²) in [5.41, 5.74) is 2.82. The topological polar surface area (TPSA) is 38.1 Å². The fourth-order valence-electron chi connectivity index (χ4n) is 3.58. The molecule has 1 aromatic heterocycles. The highest BCUT2D eigenvalue weighted by Crippen LogP contribution is 2.23. The van der Waals surface area contributed by atoms with Crippen molar-refractivity contribution in [1.82, 2.24) is 14.7 Å². The van der Waals surface area contributed by atoms with Crippen molar-refractivity contribution in [2.45, 2.75) is 45.6 Å². The minimum atomic E-state index is 0.270. The third-order valence-electron chi connectivity index (χ3n) is 5.07. The molecule has 128 valence electrons. The van der Waals surface area contributed by atoms with Gasteiger partial charge < -0.3 is 4.90 Å². The molecule has 1 aliphatic heterocycles. The fraction of sp³-hybridized carbons (Fsp3) is 0.500. The zero-order valence-electron chi connectivity index (χ0n) is 14.5. The molecule has 2 heterocycles. The van der Waals surface area contributed by atoms with Crippen LogP contribution in [0, 0.1) is 12.8 Å². The van der Waals surface area contributed by atoms with Gasteiger partial charge in [0.25, 0.3) is 0 Å². The molecule has 1 saturated heterocycles. The van der Waals surface area contributed by atoms with Crippen LogP contribution in [0.25, 0.3) is 0 Å². The summed E-state index contributed by atoms with van der Waals surface area (Å²) in [4.78, 5) is 14.5. The van der Waals surface area contributed by atoms with E-state index in [-0.39, 0.29) is 5.91 Å². The predicted molar refractivity (Wildman–Crippen MR) is 95.6 cm³/mol. The Labute approximate surface area is 144 Å². The number of amides is 1. The Bertz CT molecular complexity index is 651. The molecule has 2 aromatic rings. The molecule has 0 N–H and O–H groups in total. The molecule has 4 nitrogen and oxygen atoms in total. The van der Waals surface area contributed by atoms with Crippen LogP contribution in [0.2, 0.25) is 0 Å². The van der Waals surface area contributed by atoms with Gasteiger partial charge >= 0.3 is 0 Å². The van der Waals surface area contributed by atoms with Gasteiger partial charge in [-0.15, -0.1) is 0 Å². The number of carbonyl (C=O) groups excluding carboxylic acids is 1. The first-order valence-corrected chi connectivity index (χ1v) is 9.02. The summed E-state index contributed by atoms with van der Waals surface area (Å²) < 4.78 is 1.83. The minimum Gasteiger partial charge on any atom is -0.342 e. The van der Waals surface area contributed by atoms with E-state index in [2.05, 4.69) is 41.2 Å². The second-order valence-corrected chi connectivity index (χ2v) is 6.83. The number of aromatic nitrogens is 2. The van der Waals surface area contributed by atoms with Gasteiger partial charge in [-0.05, 0) is 55.7 Å². The maximum absolute atomic E-state index is 12.5. The van der Waals surface area contributed by atoms with Gasteiger partial charge in [0, 0.05) is 38.4 Å². The smallest absolute Gasteiger partial charge is 0.224 e. The van der Waals surface area contributed by atoms with Crippen LogP contribution in [0.15, 0.2) is 42.7 Å². The normalized spacial score (nSPS) is 17.9. The lowest BCUT2D eigenvalue weighted by Crippen LogP contribution is -2.40. The van der Waals surface area contributed by atoms with E-state index < -0.39 is 0 Å². The molecule has 1 aliphatic rings. The highest BCUT2D eigenvalue weighted by Gasteiger charge is 2.23. The van der Waals surface area contributed by atoms with Crippen molar-refractivity contribution in [3.05, 3.63) is 53.9 Å². The monoisotopic (exact) mass is 325 g/mol. The van der Waals surface area contributed by atoms with Crippen molar-refractivity contribution < 1.29 is 4.79 Å². The molecule has 0 saturated carbocycles. The van der Waals surface area contributed by atoms with Crippen molar-refractivity contribution in [2.75, 3.05) is 13.1 Å². The number of benzene rings is 1. The largest absolute Gasteiger partial charge is 0.342 e. The predicted octanol–water partition coefficient (Wildman–Crippen LogP) is 3.45. The molecule has 1 unspecified atom stereocenters. The Balaban J connectivity index is 1.47. The van der Waals surface area contributed by atoms with E-state index in [1.54, 1.807) is 6.20 Å². The molecule has 0 radical (unpaired) electrons. The summed E-state index contributed by atoms with van der Waals surface area (Å²) in [5, 5.41) is 4.17. The summed E-state index contributed by atoms with van der Waals surface area (Å²) in [5.74, 6) is 0.901. The number of nitrogens with zero attached hydrogens (tertiary/aromatic N) is 3. The van der Waals surface area contributed by atoms with Crippen LogP contribution in [-0.4, -0.2) is 33.7 Å². The molecular weight excluding hydrogens is 298 g/mol. The molecule has 0 aliphatic carbocycles. The first-order valence-electron chi connectivity index (χ1n) is 9.02. The van der Waals surface area contributed by atoms with E-state index in [9.17, 15) is 4.79 Å². The molecule has 0 bridgehead atoms. The van der Waals surface area contributed by atoms with Crippen LogP contribution in [0.3, 0.4) is 0 Å². The van der Waals surface area contributed by atoms with E-state index in [1.807, 2.05) is 16.9 Å². The average molecular weight is 325 g/mol. The zero-order chi connectivity index (χ0) is 16.8. The standard InChI is InChI=1S/C20H27N3O/c1-17-6-2-3-8-19(17)10-9-18-7-4-13-22(16-18)20(24)11-15-23-14-5-12-21-23/h2-3,5-6,8,12,14,18H,4,7,9-11,13,15-16H2,1H3. The lowest BCUT2D eigenvalue weighted by atomic mass is 9.90. The molecule has 0 spiro atoms. The van der Waals surface area contributed by atoms with Gasteiger partial charge in [-0.3, -0.25) is 9.48 Å². The van der Waals surface area contributed by atoms with E-state index in [0.29, 0.717) is 18.9 Å². The van der Waals surface area contributed by atoms with Crippen LogP contribution in [0.1, 0.15) is 36.8 Å². The molecular formula is C20H27N3O. The Morgan fingerprint density at radius 3 is 2.96 bits per heavy atom. The first-order chi connectivity index (χ1) is 11.7. The highest BCUT2D eigenvalue weighted by molar-refractivity contribution is 5.76. The van der Waals surface area contributed by atoms with Crippen molar-refractivity contribution in [3.8, 4) is 0 Å². The van der Waals surface area contributed by atoms with Gasteiger partial charge in [-0.2, -0.15) is 5.10 Å². The van der Waals surface area contributed by atoms with Gasteiger partial charge in [0.05, 0.1) is 0 Å².